The molecule has 0 aliphatic heterocycles. The summed E-state index contributed by atoms with van der Waals surface area (Å²) in [4.78, 5) is 2.89. The van der Waals surface area contributed by atoms with Crippen molar-refractivity contribution >= 4 is 10.9 Å². The van der Waals surface area contributed by atoms with Gasteiger partial charge in [0.15, 0.2) is 0 Å². The summed E-state index contributed by atoms with van der Waals surface area (Å²) >= 11 is 0. The molecule has 92 valence electrons. The quantitative estimate of drug-likeness (QED) is 0.810. The first-order valence-electron chi connectivity index (χ1n) is 6.06. The molecule has 1 atom stereocenters. The predicted octanol–water partition coefficient (Wildman–Crippen LogP) is 4.42. The minimum atomic E-state index is -0.519. The van der Waals surface area contributed by atoms with Gasteiger partial charge in [0.05, 0.1) is 5.52 Å². The second kappa shape index (κ2) is 4.86. The summed E-state index contributed by atoms with van der Waals surface area (Å²) in [7, 11) is 0. The van der Waals surface area contributed by atoms with Gasteiger partial charge in [0.1, 0.15) is 11.6 Å². The third-order valence-corrected chi connectivity index (χ3v) is 3.14. The van der Waals surface area contributed by atoms with E-state index >= 15 is 0 Å². The Hall–Kier alpha value is -1.38. The maximum Gasteiger partial charge on any atom is 0.150 e. The van der Waals surface area contributed by atoms with E-state index in [4.69, 9.17) is 0 Å². The second-order valence-corrected chi connectivity index (χ2v) is 4.72. The van der Waals surface area contributed by atoms with Gasteiger partial charge < -0.3 is 4.98 Å². The van der Waals surface area contributed by atoms with Crippen LogP contribution in [0, 0.1) is 17.6 Å². The lowest BCUT2D eigenvalue weighted by atomic mass is 9.97. The SMILES string of the molecule is CCCC(C)Cc1c[nH]c2c(F)cc(F)cc12. The lowest BCUT2D eigenvalue weighted by Gasteiger charge is -2.08. The van der Waals surface area contributed by atoms with E-state index in [1.807, 2.05) is 0 Å². The molecule has 0 radical (unpaired) electrons. The Morgan fingerprint density at radius 2 is 2.06 bits per heavy atom. The molecular weight excluding hydrogens is 220 g/mol. The maximum atomic E-state index is 13.5. The Balaban J connectivity index is 2.35. The van der Waals surface area contributed by atoms with E-state index in [2.05, 4.69) is 18.8 Å². The highest BCUT2D eigenvalue weighted by Crippen LogP contribution is 2.25. The van der Waals surface area contributed by atoms with E-state index in [1.165, 1.54) is 6.07 Å². The zero-order valence-corrected chi connectivity index (χ0v) is 10.2. The van der Waals surface area contributed by atoms with Gasteiger partial charge in [-0.15, -0.1) is 0 Å². The van der Waals surface area contributed by atoms with Gasteiger partial charge in [0.2, 0.25) is 0 Å². The molecule has 0 bridgehead atoms. The van der Waals surface area contributed by atoms with Crippen LogP contribution in [0.3, 0.4) is 0 Å². The molecule has 0 fully saturated rings. The molecule has 0 aliphatic rings. The first kappa shape index (κ1) is 12.1. The fraction of sp³-hybridized carbons (Fsp3) is 0.429. The molecule has 1 heterocycles. The molecule has 1 aromatic carbocycles. The molecule has 0 saturated carbocycles. The smallest absolute Gasteiger partial charge is 0.150 e. The Morgan fingerprint density at radius 3 is 2.76 bits per heavy atom. The highest BCUT2D eigenvalue weighted by Gasteiger charge is 2.12. The second-order valence-electron chi connectivity index (χ2n) is 4.72. The van der Waals surface area contributed by atoms with E-state index in [1.54, 1.807) is 6.20 Å². The topological polar surface area (TPSA) is 15.8 Å². The molecule has 0 aliphatic carbocycles. The Labute approximate surface area is 99.8 Å². The van der Waals surface area contributed by atoms with E-state index in [0.717, 1.165) is 30.9 Å². The molecule has 0 amide bonds. The highest BCUT2D eigenvalue weighted by atomic mass is 19.1. The molecule has 1 nitrogen and oxygen atoms in total. The van der Waals surface area contributed by atoms with Gasteiger partial charge in [0, 0.05) is 17.6 Å². The van der Waals surface area contributed by atoms with Crippen LogP contribution in [0.2, 0.25) is 0 Å². The summed E-state index contributed by atoms with van der Waals surface area (Å²) in [5.74, 6) is -0.501. The summed E-state index contributed by atoms with van der Waals surface area (Å²) < 4.78 is 26.7. The molecule has 0 saturated heterocycles. The van der Waals surface area contributed by atoms with Crippen LogP contribution in [-0.4, -0.2) is 4.98 Å². The lowest BCUT2D eigenvalue weighted by Crippen LogP contribution is -1.98. The highest BCUT2D eigenvalue weighted by molar-refractivity contribution is 5.83. The predicted molar refractivity (Wildman–Crippen MR) is 66.0 cm³/mol. The summed E-state index contributed by atoms with van der Waals surface area (Å²) in [5.41, 5.74) is 1.41. The Kier molecular flexibility index (Phi) is 3.46. The number of H-pyrrole nitrogens is 1. The fourth-order valence-electron chi connectivity index (χ4n) is 2.35. The van der Waals surface area contributed by atoms with Gasteiger partial charge in [-0.2, -0.15) is 0 Å². The number of benzene rings is 1. The van der Waals surface area contributed by atoms with Gasteiger partial charge in [-0.1, -0.05) is 26.7 Å². The minimum absolute atomic E-state index is 0.407. The average Bonchev–Trinajstić information content (AvgIpc) is 2.62. The van der Waals surface area contributed by atoms with Gasteiger partial charge >= 0.3 is 0 Å². The molecular formula is C14H17F2N. The van der Waals surface area contributed by atoms with Crippen LogP contribution in [0.15, 0.2) is 18.3 Å². The van der Waals surface area contributed by atoms with E-state index in [-0.39, 0.29) is 0 Å². The minimum Gasteiger partial charge on any atom is -0.359 e. The number of rotatable bonds is 4. The van der Waals surface area contributed by atoms with Crippen molar-refractivity contribution in [1.29, 1.82) is 0 Å². The van der Waals surface area contributed by atoms with Crippen molar-refractivity contribution in [2.75, 3.05) is 0 Å². The van der Waals surface area contributed by atoms with Crippen LogP contribution in [0.4, 0.5) is 8.78 Å². The maximum absolute atomic E-state index is 13.5. The molecule has 2 aromatic rings. The van der Waals surface area contributed by atoms with E-state index in [9.17, 15) is 8.78 Å². The zero-order valence-electron chi connectivity index (χ0n) is 10.2. The van der Waals surface area contributed by atoms with Crippen LogP contribution >= 0.6 is 0 Å². The number of fused-ring (bicyclic) bond motifs is 1. The molecule has 1 N–H and O–H groups in total. The third-order valence-electron chi connectivity index (χ3n) is 3.14. The number of hydrogen-bond acceptors (Lipinski definition) is 0. The van der Waals surface area contributed by atoms with Crippen molar-refractivity contribution < 1.29 is 8.78 Å². The van der Waals surface area contributed by atoms with Crippen LogP contribution < -0.4 is 0 Å². The zero-order chi connectivity index (χ0) is 12.4. The molecule has 0 spiro atoms. The first-order valence-corrected chi connectivity index (χ1v) is 6.06. The van der Waals surface area contributed by atoms with Crippen molar-refractivity contribution in [2.24, 2.45) is 5.92 Å². The standard InChI is InChI=1S/C14H17F2N/c1-3-4-9(2)5-10-8-17-14-12(10)6-11(15)7-13(14)16/h6-9,17H,3-5H2,1-2H3. The molecule has 2 rings (SSSR count). The van der Waals surface area contributed by atoms with Crippen molar-refractivity contribution in [2.45, 2.75) is 33.1 Å². The van der Waals surface area contributed by atoms with Gasteiger partial charge in [0.25, 0.3) is 0 Å². The van der Waals surface area contributed by atoms with Gasteiger partial charge in [-0.3, -0.25) is 0 Å². The fourth-order valence-corrected chi connectivity index (χ4v) is 2.35. The third kappa shape index (κ3) is 2.48. The van der Waals surface area contributed by atoms with Crippen LogP contribution in [0.1, 0.15) is 32.3 Å². The molecule has 1 unspecified atom stereocenters. The summed E-state index contributed by atoms with van der Waals surface area (Å²) in [6.07, 6.45) is 4.91. The lowest BCUT2D eigenvalue weighted by molar-refractivity contribution is 0.524. The van der Waals surface area contributed by atoms with Crippen LogP contribution in [0.5, 0.6) is 0 Å². The summed E-state index contributed by atoms with van der Waals surface area (Å²) in [6, 6.07) is 2.32. The van der Waals surface area contributed by atoms with Crippen molar-refractivity contribution in [1.82, 2.24) is 4.98 Å². The van der Waals surface area contributed by atoms with Crippen molar-refractivity contribution in [3.63, 3.8) is 0 Å². The first-order chi connectivity index (χ1) is 8.11. The van der Waals surface area contributed by atoms with Crippen molar-refractivity contribution in [3.05, 3.63) is 35.5 Å². The molecule has 3 heteroatoms. The number of hydrogen-bond donors (Lipinski definition) is 1. The van der Waals surface area contributed by atoms with E-state index < -0.39 is 11.6 Å². The number of aromatic amines is 1. The monoisotopic (exact) mass is 237 g/mol. The number of nitrogens with one attached hydrogen (secondary N) is 1. The van der Waals surface area contributed by atoms with Gasteiger partial charge in [-0.05, 0) is 24.0 Å². The number of halogens is 2. The van der Waals surface area contributed by atoms with Gasteiger partial charge in [-0.25, -0.2) is 8.78 Å². The Bertz CT molecular complexity index is 516. The average molecular weight is 237 g/mol. The summed E-state index contributed by atoms with van der Waals surface area (Å²) in [6.45, 7) is 4.31. The van der Waals surface area contributed by atoms with E-state index in [0.29, 0.717) is 16.8 Å². The van der Waals surface area contributed by atoms with Crippen LogP contribution in [-0.2, 0) is 6.42 Å². The van der Waals surface area contributed by atoms with Crippen LogP contribution in [0.25, 0.3) is 10.9 Å². The number of aromatic nitrogens is 1. The molecule has 1 aromatic heterocycles. The normalized spacial score (nSPS) is 13.2. The van der Waals surface area contributed by atoms with Crippen molar-refractivity contribution in [3.8, 4) is 0 Å². The largest absolute Gasteiger partial charge is 0.359 e. The summed E-state index contributed by atoms with van der Waals surface area (Å²) in [5, 5.41) is 0.672. The molecule has 17 heavy (non-hydrogen) atoms. The Morgan fingerprint density at radius 1 is 1.29 bits per heavy atom.